The average Bonchev–Trinajstić information content (AvgIpc) is 3.37. The molecule has 0 aliphatic rings. The summed E-state index contributed by atoms with van der Waals surface area (Å²) in [5, 5.41) is 17.2. The molecule has 0 bridgehead atoms. The third kappa shape index (κ3) is 5.82. The minimum Gasteiger partial charge on any atom is -0.497 e. The zero-order valence-electron chi connectivity index (χ0n) is 17.7. The van der Waals surface area contributed by atoms with E-state index in [1.54, 1.807) is 31.4 Å². The molecule has 0 unspecified atom stereocenters. The van der Waals surface area contributed by atoms with Gasteiger partial charge in [-0.2, -0.15) is 0 Å². The van der Waals surface area contributed by atoms with E-state index in [2.05, 4.69) is 25.8 Å². The molecule has 0 fully saturated rings. The van der Waals surface area contributed by atoms with Gasteiger partial charge in [-0.3, -0.25) is 9.59 Å². The molecule has 0 saturated carbocycles. The van der Waals surface area contributed by atoms with Crippen molar-refractivity contribution in [2.75, 3.05) is 18.2 Å². The topological polar surface area (TPSA) is 111 Å². The molecule has 164 valence electrons. The van der Waals surface area contributed by atoms with Gasteiger partial charge < -0.3 is 19.9 Å². The average molecular weight is 461 g/mol. The number of methoxy groups -OCH3 is 1. The summed E-state index contributed by atoms with van der Waals surface area (Å²) in [6.45, 7) is 6.30. The minimum atomic E-state index is -0.358. The minimum absolute atomic E-state index is 0.160. The summed E-state index contributed by atoms with van der Waals surface area (Å²) in [5.41, 5.74) is 1.40. The van der Waals surface area contributed by atoms with Crippen molar-refractivity contribution in [3.63, 3.8) is 0 Å². The van der Waals surface area contributed by atoms with Crippen molar-refractivity contribution in [1.29, 1.82) is 0 Å². The molecule has 0 saturated heterocycles. The number of rotatable bonds is 9. The smallest absolute Gasteiger partial charge is 0.251 e. The maximum Gasteiger partial charge on any atom is 0.251 e. The number of carbonyl (C=O) groups is 2. The van der Waals surface area contributed by atoms with Crippen LogP contribution in [0.15, 0.2) is 34.8 Å². The van der Waals surface area contributed by atoms with Gasteiger partial charge in [0, 0.05) is 17.5 Å². The summed E-state index contributed by atoms with van der Waals surface area (Å²) in [6.07, 6.45) is 0. The monoisotopic (exact) mass is 460 g/mol. The molecule has 2 heterocycles. The molecule has 2 aromatic heterocycles. The van der Waals surface area contributed by atoms with E-state index in [4.69, 9.17) is 4.74 Å². The Bertz CT molecular complexity index is 1050. The largest absolute Gasteiger partial charge is 0.497 e. The van der Waals surface area contributed by atoms with Crippen molar-refractivity contribution in [1.82, 2.24) is 25.1 Å². The molecule has 3 rings (SSSR count). The Labute approximate surface area is 188 Å². The lowest BCUT2D eigenvalue weighted by Gasteiger charge is -2.15. The molecule has 1 atom stereocenters. The lowest BCUT2D eigenvalue weighted by molar-refractivity contribution is -0.113. The first kappa shape index (κ1) is 22.8. The maximum atomic E-state index is 12.6. The summed E-state index contributed by atoms with van der Waals surface area (Å²) in [5.74, 6) is 1.12. The van der Waals surface area contributed by atoms with Crippen LogP contribution in [0.25, 0.3) is 0 Å². The van der Waals surface area contributed by atoms with Crippen LogP contribution in [0.5, 0.6) is 5.75 Å². The molecule has 0 radical (unpaired) electrons. The van der Waals surface area contributed by atoms with Gasteiger partial charge in [0.15, 0.2) is 16.1 Å². The van der Waals surface area contributed by atoms with Gasteiger partial charge in [-0.1, -0.05) is 11.8 Å². The van der Waals surface area contributed by atoms with E-state index >= 15 is 0 Å². The predicted octanol–water partition coefficient (Wildman–Crippen LogP) is 3.29. The Balaban J connectivity index is 1.61. The third-order valence-electron chi connectivity index (χ3n) is 4.35. The number of nitrogens with zero attached hydrogens (tertiary/aromatic N) is 4. The van der Waals surface area contributed by atoms with E-state index in [1.807, 2.05) is 30.7 Å². The van der Waals surface area contributed by atoms with E-state index in [0.717, 1.165) is 5.69 Å². The van der Waals surface area contributed by atoms with Crippen molar-refractivity contribution < 1.29 is 14.3 Å². The van der Waals surface area contributed by atoms with E-state index in [0.29, 0.717) is 34.0 Å². The molecule has 11 heteroatoms. The molecule has 2 N–H and O–H groups in total. The normalized spacial score (nSPS) is 11.7. The van der Waals surface area contributed by atoms with Crippen molar-refractivity contribution in [2.45, 2.75) is 38.5 Å². The highest BCUT2D eigenvalue weighted by molar-refractivity contribution is 7.99. The molecule has 3 aromatic rings. The highest BCUT2D eigenvalue weighted by Gasteiger charge is 2.20. The van der Waals surface area contributed by atoms with E-state index in [-0.39, 0.29) is 23.6 Å². The maximum absolute atomic E-state index is 12.6. The second-order valence-corrected chi connectivity index (χ2v) is 8.44. The van der Waals surface area contributed by atoms with Crippen LogP contribution in [-0.4, -0.2) is 44.4 Å². The van der Waals surface area contributed by atoms with Crippen LogP contribution >= 0.6 is 23.1 Å². The summed E-state index contributed by atoms with van der Waals surface area (Å²) in [6, 6.07) is 6.52. The fourth-order valence-corrected chi connectivity index (χ4v) is 4.32. The van der Waals surface area contributed by atoms with Crippen LogP contribution in [0.4, 0.5) is 5.13 Å². The van der Waals surface area contributed by atoms with Gasteiger partial charge >= 0.3 is 0 Å². The summed E-state index contributed by atoms with van der Waals surface area (Å²) in [4.78, 5) is 29.0. The molecular formula is C20H24N6O3S2. The van der Waals surface area contributed by atoms with Crippen LogP contribution in [0.3, 0.4) is 0 Å². The molecule has 0 aliphatic heterocycles. The van der Waals surface area contributed by atoms with Crippen molar-refractivity contribution in [3.8, 4) is 5.75 Å². The molecule has 31 heavy (non-hydrogen) atoms. The lowest BCUT2D eigenvalue weighted by Crippen LogP contribution is -2.28. The number of aromatic nitrogens is 4. The first-order chi connectivity index (χ1) is 14.9. The van der Waals surface area contributed by atoms with Gasteiger partial charge in [-0.05, 0) is 45.0 Å². The van der Waals surface area contributed by atoms with Gasteiger partial charge in [0.1, 0.15) is 5.75 Å². The Morgan fingerprint density at radius 2 is 2.00 bits per heavy atom. The number of benzene rings is 1. The second-order valence-electron chi connectivity index (χ2n) is 6.64. The standard InChI is InChI=1S/C20H24N6O3S2/c1-5-26-17(13(3)22-18(28)14-6-8-15(29-4)9-7-14)24-25-20(26)31-11-16(27)23-19-21-12(2)10-30-19/h6-10,13H,5,11H2,1-4H3,(H,22,28)(H,21,23,27)/t13-/m0/s1. The van der Waals surface area contributed by atoms with Gasteiger partial charge in [-0.15, -0.1) is 21.5 Å². The Morgan fingerprint density at radius 3 is 2.61 bits per heavy atom. The Hall–Kier alpha value is -2.92. The third-order valence-corrected chi connectivity index (χ3v) is 6.19. The van der Waals surface area contributed by atoms with Crippen molar-refractivity contribution in [3.05, 3.63) is 46.7 Å². The summed E-state index contributed by atoms with van der Waals surface area (Å²) in [7, 11) is 1.58. The first-order valence-corrected chi connectivity index (χ1v) is 11.5. The van der Waals surface area contributed by atoms with Crippen molar-refractivity contribution in [2.24, 2.45) is 0 Å². The summed E-state index contributed by atoms with van der Waals surface area (Å²) < 4.78 is 7.01. The van der Waals surface area contributed by atoms with E-state index in [1.165, 1.54) is 23.1 Å². The number of hydrogen-bond donors (Lipinski definition) is 2. The number of thiazole rings is 1. The van der Waals surface area contributed by atoms with Gasteiger partial charge in [0.05, 0.1) is 24.6 Å². The molecule has 2 amide bonds. The fraction of sp³-hybridized carbons (Fsp3) is 0.350. The van der Waals surface area contributed by atoms with Gasteiger partial charge in [-0.25, -0.2) is 4.98 Å². The van der Waals surface area contributed by atoms with Crippen LogP contribution < -0.4 is 15.4 Å². The van der Waals surface area contributed by atoms with Crippen molar-refractivity contribution >= 4 is 40.0 Å². The van der Waals surface area contributed by atoms with Crippen LogP contribution in [0.2, 0.25) is 0 Å². The highest BCUT2D eigenvalue weighted by atomic mass is 32.2. The zero-order valence-corrected chi connectivity index (χ0v) is 19.3. The number of hydrogen-bond acceptors (Lipinski definition) is 8. The van der Waals surface area contributed by atoms with Crippen LogP contribution in [-0.2, 0) is 11.3 Å². The number of anilines is 1. The lowest BCUT2D eigenvalue weighted by atomic mass is 10.2. The van der Waals surface area contributed by atoms with E-state index < -0.39 is 0 Å². The Morgan fingerprint density at radius 1 is 1.26 bits per heavy atom. The number of aryl methyl sites for hydroxylation is 1. The van der Waals surface area contributed by atoms with Crippen LogP contribution in [0.1, 0.15) is 41.8 Å². The number of ether oxygens (including phenoxy) is 1. The first-order valence-electron chi connectivity index (χ1n) is 9.64. The number of nitrogens with one attached hydrogen (secondary N) is 2. The summed E-state index contributed by atoms with van der Waals surface area (Å²) >= 11 is 2.68. The second kappa shape index (κ2) is 10.4. The Kier molecular flexibility index (Phi) is 7.64. The molecule has 0 aliphatic carbocycles. The highest BCUT2D eigenvalue weighted by Crippen LogP contribution is 2.22. The SMILES string of the molecule is CCn1c(SCC(=O)Nc2nc(C)cs2)nnc1[C@H](C)NC(=O)c1ccc(OC)cc1. The molecule has 0 spiro atoms. The fourth-order valence-electron chi connectivity index (χ4n) is 2.81. The zero-order chi connectivity index (χ0) is 22.4. The molecule has 9 nitrogen and oxygen atoms in total. The van der Waals surface area contributed by atoms with Gasteiger partial charge in [0.25, 0.3) is 5.91 Å². The van der Waals surface area contributed by atoms with Crippen LogP contribution in [0, 0.1) is 6.92 Å². The number of carbonyl (C=O) groups excluding carboxylic acids is 2. The van der Waals surface area contributed by atoms with Gasteiger partial charge in [0.2, 0.25) is 5.91 Å². The molecular weight excluding hydrogens is 436 g/mol. The number of thioether (sulfide) groups is 1. The number of amides is 2. The predicted molar refractivity (Wildman–Crippen MR) is 121 cm³/mol. The quantitative estimate of drug-likeness (QED) is 0.471. The van der Waals surface area contributed by atoms with E-state index in [9.17, 15) is 9.59 Å². The molecule has 1 aromatic carbocycles.